The van der Waals surface area contributed by atoms with Gasteiger partial charge >= 0.3 is 0 Å². The topological polar surface area (TPSA) is 96.5 Å². The Kier molecular flexibility index (Phi) is 12.4. The number of nitrogens with zero attached hydrogens (tertiary/aromatic N) is 8. The summed E-state index contributed by atoms with van der Waals surface area (Å²) in [5.74, 6) is 1.52. The van der Waals surface area contributed by atoms with Crippen LogP contribution in [-0.4, -0.2) is 141 Å². The standard InChI is InChI=1S/C38H50N8O2/c1-41-11-12-42(2)16-20-45(19-15-41)28-31-23-30(24-32(38(31)47)29-46-21-17-43(3)13-14-44(4)18-22-46)9-10-34-25-36(33(26-39)27-40)35-7-5-6-8-37(35)48-34/h5-10,23-25,47H,11-22,28-29H2,1-4H3/b10-9+. The molecule has 48 heavy (non-hydrogen) atoms. The van der Waals surface area contributed by atoms with E-state index in [1.54, 1.807) is 6.08 Å². The molecule has 3 aliphatic heterocycles. The molecule has 0 amide bonds. The van der Waals surface area contributed by atoms with Crippen LogP contribution in [0.1, 0.15) is 22.3 Å². The van der Waals surface area contributed by atoms with Crippen LogP contribution in [0.2, 0.25) is 0 Å². The van der Waals surface area contributed by atoms with Crippen molar-refractivity contribution in [2.45, 2.75) is 13.1 Å². The van der Waals surface area contributed by atoms with Crippen LogP contribution in [0.15, 0.2) is 59.9 Å². The average molecular weight is 651 g/mol. The van der Waals surface area contributed by atoms with Gasteiger partial charge in [-0.15, -0.1) is 0 Å². The van der Waals surface area contributed by atoms with Gasteiger partial charge in [-0.05, 0) is 64.1 Å². The summed E-state index contributed by atoms with van der Waals surface area (Å²) in [4.78, 5) is 14.4. The Bertz CT molecular complexity index is 1500. The maximum Gasteiger partial charge on any atom is 0.137 e. The summed E-state index contributed by atoms with van der Waals surface area (Å²) in [5.41, 5.74) is 4.12. The average Bonchev–Trinajstić information content (AvgIpc) is 3.22. The van der Waals surface area contributed by atoms with Crippen LogP contribution in [0.3, 0.4) is 0 Å². The molecule has 10 nitrogen and oxygen atoms in total. The molecule has 0 atom stereocenters. The van der Waals surface area contributed by atoms with Gasteiger partial charge in [-0.3, -0.25) is 9.80 Å². The molecule has 0 unspecified atom stereocenters. The van der Waals surface area contributed by atoms with Gasteiger partial charge in [-0.2, -0.15) is 10.5 Å². The second-order valence-corrected chi connectivity index (χ2v) is 13.4. The number of para-hydroxylation sites is 1. The van der Waals surface area contributed by atoms with Gasteiger partial charge < -0.3 is 29.4 Å². The molecule has 10 heteroatoms. The van der Waals surface area contributed by atoms with E-state index in [0.717, 1.165) is 101 Å². The molecule has 0 aromatic heterocycles. The number of phenolic OH excluding ortho intramolecular Hbond substituents is 1. The highest BCUT2D eigenvalue weighted by Gasteiger charge is 2.21. The van der Waals surface area contributed by atoms with E-state index in [1.807, 2.05) is 48.6 Å². The molecule has 2 saturated heterocycles. The van der Waals surface area contributed by atoms with Crippen molar-refractivity contribution in [3.63, 3.8) is 0 Å². The molecule has 3 aliphatic rings. The third kappa shape index (κ3) is 9.55. The van der Waals surface area contributed by atoms with Gasteiger partial charge in [0.05, 0.1) is 0 Å². The van der Waals surface area contributed by atoms with Crippen LogP contribution in [-0.2, 0) is 13.1 Å². The van der Waals surface area contributed by atoms with E-state index in [1.165, 1.54) is 0 Å². The summed E-state index contributed by atoms with van der Waals surface area (Å²) in [6.07, 6.45) is 5.65. The summed E-state index contributed by atoms with van der Waals surface area (Å²) in [5, 5.41) is 31.1. The molecular formula is C38H50N8O2. The summed E-state index contributed by atoms with van der Waals surface area (Å²) in [6, 6.07) is 15.7. The molecular weight excluding hydrogens is 600 g/mol. The fraction of sp³-hybridized carbons (Fsp3) is 0.474. The first-order valence-corrected chi connectivity index (χ1v) is 17.0. The number of phenols is 1. The summed E-state index contributed by atoms with van der Waals surface area (Å²) < 4.78 is 6.20. The van der Waals surface area contributed by atoms with Crippen molar-refractivity contribution in [1.82, 2.24) is 29.4 Å². The number of benzene rings is 2. The number of hydrogen-bond acceptors (Lipinski definition) is 10. The molecule has 0 saturated carbocycles. The minimum atomic E-state index is 0.0477. The fourth-order valence-electron chi connectivity index (χ4n) is 6.29. The Morgan fingerprint density at radius 3 is 1.65 bits per heavy atom. The SMILES string of the molecule is CN1CCN(C)CCN(Cc2cc(/C=C/C3=CC(=C(C#N)C#N)c4ccccc4O3)cc(CN3CCN(C)CCN(C)CC3)c2O)CC1. The lowest BCUT2D eigenvalue weighted by Crippen LogP contribution is -2.35. The highest BCUT2D eigenvalue weighted by atomic mass is 16.5. The summed E-state index contributed by atoms with van der Waals surface area (Å²) in [7, 11) is 8.71. The third-order valence-electron chi connectivity index (χ3n) is 9.62. The highest BCUT2D eigenvalue weighted by Crippen LogP contribution is 2.36. The van der Waals surface area contributed by atoms with Gasteiger partial charge in [0.25, 0.3) is 0 Å². The fourth-order valence-corrected chi connectivity index (χ4v) is 6.29. The molecule has 5 rings (SSSR count). The van der Waals surface area contributed by atoms with Gasteiger partial charge in [0.15, 0.2) is 0 Å². The zero-order valence-electron chi connectivity index (χ0n) is 29.0. The molecule has 0 spiro atoms. The monoisotopic (exact) mass is 650 g/mol. The Hall–Kier alpha value is -4.00. The Labute approximate surface area is 286 Å². The number of likely N-dealkylation sites (N-methyl/N-ethyl adjacent to an activating group) is 4. The largest absolute Gasteiger partial charge is 0.507 e. The van der Waals surface area contributed by atoms with Crippen molar-refractivity contribution in [3.05, 3.63) is 82.1 Å². The van der Waals surface area contributed by atoms with Crippen molar-refractivity contribution >= 4 is 11.6 Å². The number of fused-ring (bicyclic) bond motifs is 1. The smallest absolute Gasteiger partial charge is 0.137 e. The molecule has 0 bridgehead atoms. The molecule has 0 aliphatic carbocycles. The summed E-state index contributed by atoms with van der Waals surface area (Å²) in [6.45, 7) is 13.1. The maximum absolute atomic E-state index is 11.8. The highest BCUT2D eigenvalue weighted by molar-refractivity contribution is 5.87. The van der Waals surface area contributed by atoms with Crippen molar-refractivity contribution in [1.29, 1.82) is 10.5 Å². The molecule has 2 aromatic carbocycles. The van der Waals surface area contributed by atoms with Crippen LogP contribution >= 0.6 is 0 Å². The van der Waals surface area contributed by atoms with Crippen LogP contribution < -0.4 is 4.74 Å². The van der Waals surface area contributed by atoms with Crippen LogP contribution in [0, 0.1) is 22.7 Å². The van der Waals surface area contributed by atoms with E-state index in [-0.39, 0.29) is 5.57 Å². The maximum atomic E-state index is 11.8. The molecule has 2 fully saturated rings. The van der Waals surface area contributed by atoms with E-state index in [9.17, 15) is 15.6 Å². The van der Waals surface area contributed by atoms with E-state index in [4.69, 9.17) is 4.74 Å². The Morgan fingerprint density at radius 2 is 1.17 bits per heavy atom. The zero-order chi connectivity index (χ0) is 34.0. The number of nitriles is 2. The van der Waals surface area contributed by atoms with Gasteiger partial charge in [0.1, 0.15) is 35.0 Å². The second-order valence-electron chi connectivity index (χ2n) is 13.4. The quantitative estimate of drug-likeness (QED) is 0.468. The number of rotatable bonds is 6. The van der Waals surface area contributed by atoms with Crippen LogP contribution in [0.5, 0.6) is 11.5 Å². The molecule has 1 N–H and O–H groups in total. The Morgan fingerprint density at radius 1 is 0.708 bits per heavy atom. The Balaban J connectivity index is 1.47. The molecule has 0 radical (unpaired) electrons. The van der Waals surface area contributed by atoms with Crippen LogP contribution in [0.4, 0.5) is 0 Å². The van der Waals surface area contributed by atoms with Crippen LogP contribution in [0.25, 0.3) is 11.6 Å². The minimum Gasteiger partial charge on any atom is -0.507 e. The number of aromatic hydroxyl groups is 1. The predicted octanol–water partition coefficient (Wildman–Crippen LogP) is 3.54. The van der Waals surface area contributed by atoms with E-state index < -0.39 is 0 Å². The second kappa shape index (κ2) is 16.9. The predicted molar refractivity (Wildman–Crippen MR) is 191 cm³/mol. The number of ether oxygens (including phenoxy) is 1. The van der Waals surface area contributed by atoms with E-state index >= 15 is 0 Å². The zero-order valence-corrected chi connectivity index (χ0v) is 29.0. The van der Waals surface area contributed by atoms with Gasteiger partial charge in [-0.1, -0.05) is 24.3 Å². The van der Waals surface area contributed by atoms with E-state index in [2.05, 4.69) is 69.7 Å². The van der Waals surface area contributed by atoms with Crippen molar-refractivity contribution in [2.24, 2.45) is 0 Å². The van der Waals surface area contributed by atoms with E-state index in [0.29, 0.717) is 35.9 Å². The van der Waals surface area contributed by atoms with Crippen molar-refractivity contribution in [3.8, 4) is 23.6 Å². The normalized spacial score (nSPS) is 20.2. The first-order valence-electron chi connectivity index (χ1n) is 17.0. The number of hydrogen-bond donors (Lipinski definition) is 1. The first kappa shape index (κ1) is 35.3. The lowest BCUT2D eigenvalue weighted by molar-refractivity contribution is 0.220. The summed E-state index contributed by atoms with van der Waals surface area (Å²) >= 11 is 0. The lowest BCUT2D eigenvalue weighted by atomic mass is 9.97. The molecule has 254 valence electrons. The van der Waals surface area contributed by atoms with Crippen molar-refractivity contribution in [2.75, 3.05) is 107 Å². The molecule has 2 aromatic rings. The van der Waals surface area contributed by atoms with Gasteiger partial charge in [-0.25, -0.2) is 0 Å². The van der Waals surface area contributed by atoms with Gasteiger partial charge in [0, 0.05) is 114 Å². The third-order valence-corrected chi connectivity index (χ3v) is 9.62. The minimum absolute atomic E-state index is 0.0477. The lowest BCUT2D eigenvalue weighted by Gasteiger charge is -2.27. The molecule has 3 heterocycles. The number of allylic oxidation sites excluding steroid dienone is 4. The van der Waals surface area contributed by atoms with Gasteiger partial charge in [0.2, 0.25) is 0 Å². The first-order chi connectivity index (χ1) is 23.2. The van der Waals surface area contributed by atoms with Crippen molar-refractivity contribution < 1.29 is 9.84 Å².